The van der Waals surface area contributed by atoms with E-state index in [0.717, 1.165) is 35.7 Å². The molecule has 0 radical (unpaired) electrons. The zero-order valence-electron chi connectivity index (χ0n) is 14.8. The van der Waals surface area contributed by atoms with Gasteiger partial charge in [-0.3, -0.25) is 0 Å². The van der Waals surface area contributed by atoms with Gasteiger partial charge in [0.25, 0.3) is 0 Å². The summed E-state index contributed by atoms with van der Waals surface area (Å²) in [5, 5.41) is 0.226. The van der Waals surface area contributed by atoms with E-state index in [1.807, 2.05) is 0 Å². The average Bonchev–Trinajstić information content (AvgIpc) is 2.75. The summed E-state index contributed by atoms with van der Waals surface area (Å²) < 4.78 is 12.9. The smallest absolute Gasteiger partial charge is 0.192 e. The number of ether oxygens (including phenoxy) is 1. The molecule has 1 heterocycles. The molecule has 0 aromatic carbocycles. The van der Waals surface area contributed by atoms with Gasteiger partial charge in [-0.15, -0.1) is 11.3 Å². The fourth-order valence-corrected chi connectivity index (χ4v) is 4.14. The van der Waals surface area contributed by atoms with Gasteiger partial charge in [-0.2, -0.15) is 0 Å². The van der Waals surface area contributed by atoms with Crippen molar-refractivity contribution in [3.63, 3.8) is 0 Å². The number of hydrogen-bond acceptors (Lipinski definition) is 4. The van der Waals surface area contributed by atoms with Crippen LogP contribution < -0.4 is 0 Å². The molecule has 6 heteroatoms. The standard InChI is InChI=1S/C16H30BrNO2SSi/c1-7-8-10-19-11-9-14-13(18-15(17)21-14)12-20-22(5,6)16(2,3)4/h7-12H2,1-6H3. The summed E-state index contributed by atoms with van der Waals surface area (Å²) >= 11 is 5.20. The first kappa shape index (κ1) is 20.3. The highest BCUT2D eigenvalue weighted by Gasteiger charge is 2.37. The van der Waals surface area contributed by atoms with E-state index in [-0.39, 0.29) is 5.04 Å². The molecular weight excluding hydrogens is 378 g/mol. The monoisotopic (exact) mass is 407 g/mol. The highest BCUT2D eigenvalue weighted by molar-refractivity contribution is 9.11. The van der Waals surface area contributed by atoms with Crippen LogP contribution in [0.25, 0.3) is 0 Å². The predicted molar refractivity (Wildman–Crippen MR) is 101 cm³/mol. The van der Waals surface area contributed by atoms with Gasteiger partial charge >= 0.3 is 0 Å². The molecular formula is C16H30BrNO2SSi. The van der Waals surface area contributed by atoms with Crippen molar-refractivity contribution in [3.8, 4) is 0 Å². The van der Waals surface area contributed by atoms with Crippen molar-refractivity contribution in [1.82, 2.24) is 4.98 Å². The minimum Gasteiger partial charge on any atom is -0.411 e. The Balaban J connectivity index is 2.57. The quantitative estimate of drug-likeness (QED) is 0.383. The SMILES string of the molecule is CCCCOCCc1sc(Br)nc1CO[Si](C)(C)C(C)(C)C. The Morgan fingerprint density at radius 3 is 2.50 bits per heavy atom. The van der Waals surface area contributed by atoms with Gasteiger partial charge in [0.2, 0.25) is 0 Å². The Kier molecular flexibility index (Phi) is 8.23. The maximum absolute atomic E-state index is 6.30. The van der Waals surface area contributed by atoms with Gasteiger partial charge in [-0.05, 0) is 40.5 Å². The average molecular weight is 408 g/mol. The summed E-state index contributed by atoms with van der Waals surface area (Å²) in [4.78, 5) is 5.87. The van der Waals surface area contributed by atoms with E-state index in [0.29, 0.717) is 6.61 Å². The molecule has 1 aromatic heterocycles. The summed E-state index contributed by atoms with van der Waals surface area (Å²) in [5.74, 6) is 0. The maximum atomic E-state index is 6.30. The number of aromatic nitrogens is 1. The van der Waals surface area contributed by atoms with E-state index >= 15 is 0 Å². The third kappa shape index (κ3) is 6.39. The van der Waals surface area contributed by atoms with E-state index in [1.54, 1.807) is 11.3 Å². The van der Waals surface area contributed by atoms with Crippen LogP contribution in [0.1, 0.15) is 51.1 Å². The first-order chi connectivity index (χ1) is 10.2. The van der Waals surface area contributed by atoms with Crippen molar-refractivity contribution >= 4 is 35.6 Å². The second kappa shape index (κ2) is 8.92. The van der Waals surface area contributed by atoms with Crippen molar-refractivity contribution in [2.75, 3.05) is 13.2 Å². The van der Waals surface area contributed by atoms with Crippen molar-refractivity contribution in [2.45, 2.75) is 71.7 Å². The normalized spacial score (nSPS) is 12.9. The third-order valence-corrected chi connectivity index (χ3v) is 10.3. The van der Waals surface area contributed by atoms with Crippen LogP contribution >= 0.6 is 27.3 Å². The summed E-state index contributed by atoms with van der Waals surface area (Å²) in [5.41, 5.74) is 1.07. The fraction of sp³-hybridized carbons (Fsp3) is 0.812. The van der Waals surface area contributed by atoms with Gasteiger partial charge in [0.1, 0.15) is 0 Å². The number of unbranched alkanes of at least 4 members (excludes halogenated alkanes) is 1. The third-order valence-electron chi connectivity index (χ3n) is 4.24. The Morgan fingerprint density at radius 2 is 1.91 bits per heavy atom. The molecule has 0 saturated heterocycles. The molecule has 3 nitrogen and oxygen atoms in total. The van der Waals surface area contributed by atoms with Gasteiger partial charge in [0.15, 0.2) is 12.2 Å². The lowest BCUT2D eigenvalue weighted by Crippen LogP contribution is -2.40. The minimum absolute atomic E-state index is 0.226. The number of halogens is 1. The number of thiazole rings is 1. The van der Waals surface area contributed by atoms with Crippen LogP contribution in [0, 0.1) is 0 Å². The first-order valence-corrected chi connectivity index (χ1v) is 12.5. The Morgan fingerprint density at radius 1 is 1.23 bits per heavy atom. The molecule has 1 rings (SSSR count). The summed E-state index contributed by atoms with van der Waals surface area (Å²) in [7, 11) is -1.73. The van der Waals surface area contributed by atoms with E-state index in [4.69, 9.17) is 9.16 Å². The van der Waals surface area contributed by atoms with E-state index in [9.17, 15) is 0 Å². The van der Waals surface area contributed by atoms with E-state index in [2.05, 4.69) is 61.7 Å². The molecule has 0 aliphatic heterocycles. The fourth-order valence-electron chi connectivity index (χ4n) is 1.64. The van der Waals surface area contributed by atoms with Gasteiger partial charge < -0.3 is 9.16 Å². The van der Waals surface area contributed by atoms with Crippen LogP contribution in [0.2, 0.25) is 18.1 Å². The van der Waals surface area contributed by atoms with Gasteiger partial charge in [0.05, 0.1) is 18.9 Å². The molecule has 0 unspecified atom stereocenters. The summed E-state index contributed by atoms with van der Waals surface area (Å²) in [6, 6.07) is 0. The Hall–Kier alpha value is 0.247. The Bertz CT molecular complexity index is 457. The van der Waals surface area contributed by atoms with Gasteiger partial charge in [0, 0.05) is 17.9 Å². The predicted octanol–water partition coefficient (Wildman–Crippen LogP) is 5.79. The molecule has 22 heavy (non-hydrogen) atoms. The molecule has 0 aliphatic carbocycles. The van der Waals surface area contributed by atoms with Crippen LogP contribution in [-0.2, 0) is 22.2 Å². The summed E-state index contributed by atoms with van der Waals surface area (Å²) in [6.07, 6.45) is 3.23. The molecule has 0 atom stereocenters. The van der Waals surface area contributed by atoms with E-state index in [1.165, 1.54) is 11.3 Å². The molecule has 0 bridgehead atoms. The lowest BCUT2D eigenvalue weighted by atomic mass is 10.2. The topological polar surface area (TPSA) is 31.4 Å². The van der Waals surface area contributed by atoms with Gasteiger partial charge in [-0.25, -0.2) is 4.98 Å². The van der Waals surface area contributed by atoms with Crippen LogP contribution in [0.15, 0.2) is 3.92 Å². The zero-order valence-corrected chi connectivity index (χ0v) is 18.2. The second-order valence-corrected chi connectivity index (χ2v) is 14.3. The largest absolute Gasteiger partial charge is 0.411 e. The van der Waals surface area contributed by atoms with Crippen LogP contribution in [-0.4, -0.2) is 26.5 Å². The van der Waals surface area contributed by atoms with E-state index < -0.39 is 8.32 Å². The second-order valence-electron chi connectivity index (χ2n) is 7.10. The van der Waals surface area contributed by atoms with Crippen molar-refractivity contribution < 1.29 is 9.16 Å². The highest BCUT2D eigenvalue weighted by Crippen LogP contribution is 2.37. The minimum atomic E-state index is -1.73. The molecule has 1 aromatic rings. The van der Waals surface area contributed by atoms with Crippen molar-refractivity contribution in [2.24, 2.45) is 0 Å². The van der Waals surface area contributed by atoms with Crippen molar-refractivity contribution in [1.29, 1.82) is 0 Å². The summed E-state index contributed by atoms with van der Waals surface area (Å²) in [6.45, 7) is 15.8. The van der Waals surface area contributed by atoms with Crippen LogP contribution in [0.4, 0.5) is 0 Å². The zero-order chi connectivity index (χ0) is 16.8. The molecule has 0 aliphatic rings. The van der Waals surface area contributed by atoms with Crippen LogP contribution in [0.5, 0.6) is 0 Å². The number of nitrogens with zero attached hydrogens (tertiary/aromatic N) is 1. The van der Waals surface area contributed by atoms with Gasteiger partial charge in [-0.1, -0.05) is 34.1 Å². The lowest BCUT2D eigenvalue weighted by molar-refractivity contribution is 0.134. The molecule has 0 saturated carbocycles. The number of rotatable bonds is 9. The van der Waals surface area contributed by atoms with Crippen LogP contribution in [0.3, 0.4) is 0 Å². The molecule has 0 N–H and O–H groups in total. The van der Waals surface area contributed by atoms with Crippen molar-refractivity contribution in [3.05, 3.63) is 14.5 Å². The lowest BCUT2D eigenvalue weighted by Gasteiger charge is -2.36. The molecule has 0 fully saturated rings. The highest BCUT2D eigenvalue weighted by atomic mass is 79.9. The molecule has 0 amide bonds. The number of hydrogen-bond donors (Lipinski definition) is 0. The molecule has 0 spiro atoms. The maximum Gasteiger partial charge on any atom is 0.192 e. The first-order valence-electron chi connectivity index (χ1n) is 8.03. The molecule has 128 valence electrons. The Labute approximate surface area is 149 Å².